The van der Waals surface area contributed by atoms with Crippen LogP contribution in [0.3, 0.4) is 0 Å². The summed E-state index contributed by atoms with van der Waals surface area (Å²) < 4.78 is 4.70. The number of aryl methyl sites for hydroxylation is 1. The summed E-state index contributed by atoms with van der Waals surface area (Å²) in [5, 5.41) is 1.99. The van der Waals surface area contributed by atoms with Crippen LogP contribution in [0.25, 0.3) is 10.8 Å². The van der Waals surface area contributed by atoms with Gasteiger partial charge in [0.25, 0.3) is 5.78 Å². The van der Waals surface area contributed by atoms with Crippen molar-refractivity contribution in [1.82, 2.24) is 0 Å². The fourth-order valence-corrected chi connectivity index (χ4v) is 1.82. The minimum atomic E-state index is -0.802. The van der Waals surface area contributed by atoms with E-state index in [0.717, 1.165) is 16.3 Å². The van der Waals surface area contributed by atoms with E-state index in [1.807, 2.05) is 31.2 Å². The maximum Gasteiger partial charge on any atom is 0.379 e. The molecule has 0 atom stereocenters. The summed E-state index contributed by atoms with van der Waals surface area (Å²) in [4.78, 5) is 23.1. The third-order valence-electron chi connectivity index (χ3n) is 2.72. The van der Waals surface area contributed by atoms with E-state index in [-0.39, 0.29) is 6.61 Å². The highest BCUT2D eigenvalue weighted by Gasteiger charge is 2.17. The first-order chi connectivity index (χ1) is 8.61. The number of carbonyl (C=O) groups is 2. The number of hydrogen-bond acceptors (Lipinski definition) is 3. The van der Waals surface area contributed by atoms with Crippen molar-refractivity contribution in [2.24, 2.45) is 0 Å². The molecule has 0 bridgehead atoms. The molecule has 0 aliphatic heterocycles. The Morgan fingerprint density at radius 3 is 2.44 bits per heavy atom. The molecule has 0 N–H and O–H groups in total. The van der Waals surface area contributed by atoms with Crippen LogP contribution in [0.1, 0.15) is 22.8 Å². The number of ketones is 1. The lowest BCUT2D eigenvalue weighted by molar-refractivity contribution is -0.137. The van der Waals surface area contributed by atoms with E-state index in [1.165, 1.54) is 0 Å². The highest BCUT2D eigenvalue weighted by atomic mass is 16.5. The number of ether oxygens (including phenoxy) is 1. The second kappa shape index (κ2) is 5.00. The van der Waals surface area contributed by atoms with Crippen molar-refractivity contribution in [3.05, 3.63) is 47.5 Å². The number of benzene rings is 2. The summed E-state index contributed by atoms with van der Waals surface area (Å²) in [5.41, 5.74) is 1.52. The van der Waals surface area contributed by atoms with Crippen molar-refractivity contribution in [2.45, 2.75) is 13.8 Å². The summed E-state index contributed by atoms with van der Waals surface area (Å²) >= 11 is 0. The van der Waals surface area contributed by atoms with E-state index in [4.69, 9.17) is 4.74 Å². The smallest absolute Gasteiger partial charge is 0.379 e. The molecule has 2 aromatic carbocycles. The predicted octanol–water partition coefficient (Wildman–Crippen LogP) is 2.89. The third-order valence-corrected chi connectivity index (χ3v) is 2.72. The predicted molar refractivity (Wildman–Crippen MR) is 69.6 cm³/mol. The zero-order valence-electron chi connectivity index (χ0n) is 10.4. The van der Waals surface area contributed by atoms with E-state index < -0.39 is 11.8 Å². The van der Waals surface area contributed by atoms with Crippen LogP contribution in [-0.2, 0) is 9.53 Å². The molecule has 2 aromatic rings. The molecule has 0 spiro atoms. The molecule has 92 valence electrons. The molecule has 0 radical (unpaired) electrons. The molecular weight excluding hydrogens is 228 g/mol. The van der Waals surface area contributed by atoms with Crippen LogP contribution < -0.4 is 0 Å². The molecule has 3 nitrogen and oxygen atoms in total. The molecule has 0 amide bonds. The van der Waals surface area contributed by atoms with E-state index >= 15 is 0 Å². The third kappa shape index (κ3) is 2.40. The first kappa shape index (κ1) is 12.3. The van der Waals surface area contributed by atoms with E-state index in [0.29, 0.717) is 5.56 Å². The second-order valence-corrected chi connectivity index (χ2v) is 4.11. The summed E-state index contributed by atoms with van der Waals surface area (Å²) in [7, 11) is 0. The number of carbonyl (C=O) groups excluding carboxylic acids is 2. The lowest BCUT2D eigenvalue weighted by Crippen LogP contribution is -2.17. The Labute approximate surface area is 105 Å². The molecule has 0 aromatic heterocycles. The molecule has 0 aliphatic carbocycles. The van der Waals surface area contributed by atoms with Gasteiger partial charge in [-0.25, -0.2) is 4.79 Å². The van der Waals surface area contributed by atoms with Crippen molar-refractivity contribution in [3.8, 4) is 0 Å². The van der Waals surface area contributed by atoms with Crippen LogP contribution >= 0.6 is 0 Å². The van der Waals surface area contributed by atoms with E-state index in [2.05, 4.69) is 0 Å². The van der Waals surface area contributed by atoms with Gasteiger partial charge in [-0.1, -0.05) is 35.9 Å². The largest absolute Gasteiger partial charge is 0.460 e. The van der Waals surface area contributed by atoms with Crippen LogP contribution in [0.4, 0.5) is 0 Å². The van der Waals surface area contributed by atoms with Gasteiger partial charge in [0.15, 0.2) is 0 Å². The van der Waals surface area contributed by atoms with Gasteiger partial charge in [0, 0.05) is 5.56 Å². The van der Waals surface area contributed by atoms with Gasteiger partial charge in [0.05, 0.1) is 6.61 Å². The lowest BCUT2D eigenvalue weighted by Gasteiger charge is -2.04. The van der Waals surface area contributed by atoms with Crippen LogP contribution in [0.2, 0.25) is 0 Å². The normalized spacial score (nSPS) is 10.3. The standard InChI is InChI=1S/C15H14O3/c1-3-18-15(17)14(16)13-7-6-11-8-10(2)4-5-12(11)9-13/h4-9H,3H2,1-2H3. The maximum absolute atomic E-state index is 11.8. The van der Waals surface area contributed by atoms with E-state index in [9.17, 15) is 9.59 Å². The van der Waals surface area contributed by atoms with Gasteiger partial charge >= 0.3 is 5.97 Å². The van der Waals surface area contributed by atoms with Crippen molar-refractivity contribution in [2.75, 3.05) is 6.61 Å². The number of fused-ring (bicyclic) bond motifs is 1. The summed E-state index contributed by atoms with van der Waals surface area (Å²) in [6.45, 7) is 3.89. The number of hydrogen-bond donors (Lipinski definition) is 0. The maximum atomic E-state index is 11.8. The van der Waals surface area contributed by atoms with Crippen molar-refractivity contribution in [3.63, 3.8) is 0 Å². The molecule has 18 heavy (non-hydrogen) atoms. The average Bonchev–Trinajstić information content (AvgIpc) is 2.37. The molecule has 0 heterocycles. The van der Waals surface area contributed by atoms with Gasteiger partial charge in [-0.3, -0.25) is 4.79 Å². The molecule has 0 fully saturated rings. The summed E-state index contributed by atoms with van der Waals surface area (Å²) in [6, 6.07) is 11.2. The van der Waals surface area contributed by atoms with Crippen molar-refractivity contribution in [1.29, 1.82) is 0 Å². The SMILES string of the molecule is CCOC(=O)C(=O)c1ccc2cc(C)ccc2c1. The fourth-order valence-electron chi connectivity index (χ4n) is 1.82. The first-order valence-electron chi connectivity index (χ1n) is 5.83. The Morgan fingerprint density at radius 1 is 1.06 bits per heavy atom. The number of rotatable bonds is 3. The fraction of sp³-hybridized carbons (Fsp3) is 0.200. The monoisotopic (exact) mass is 242 g/mol. The van der Waals surface area contributed by atoms with Gasteiger partial charge in [-0.15, -0.1) is 0 Å². The van der Waals surface area contributed by atoms with Crippen molar-refractivity contribution < 1.29 is 14.3 Å². The Bertz CT molecular complexity index is 614. The molecule has 0 unspecified atom stereocenters. The molecule has 0 aliphatic rings. The molecule has 0 saturated heterocycles. The molecular formula is C15H14O3. The summed E-state index contributed by atoms with van der Waals surface area (Å²) in [5.74, 6) is -1.40. The van der Waals surface area contributed by atoms with Crippen LogP contribution in [0.5, 0.6) is 0 Å². The molecule has 2 rings (SSSR count). The summed E-state index contributed by atoms with van der Waals surface area (Å²) in [6.07, 6.45) is 0. The van der Waals surface area contributed by atoms with Crippen LogP contribution in [0.15, 0.2) is 36.4 Å². The highest BCUT2D eigenvalue weighted by molar-refractivity contribution is 6.40. The average molecular weight is 242 g/mol. The Kier molecular flexibility index (Phi) is 3.42. The molecule has 3 heteroatoms. The Morgan fingerprint density at radius 2 is 1.72 bits per heavy atom. The topological polar surface area (TPSA) is 43.4 Å². The van der Waals surface area contributed by atoms with Gasteiger partial charge < -0.3 is 4.74 Å². The zero-order valence-corrected chi connectivity index (χ0v) is 10.4. The van der Waals surface area contributed by atoms with E-state index in [1.54, 1.807) is 19.1 Å². The number of esters is 1. The minimum Gasteiger partial charge on any atom is -0.460 e. The van der Waals surface area contributed by atoms with Gasteiger partial charge in [0.1, 0.15) is 0 Å². The quantitative estimate of drug-likeness (QED) is 0.472. The molecule has 0 saturated carbocycles. The Balaban J connectivity index is 2.38. The lowest BCUT2D eigenvalue weighted by atomic mass is 10.0. The van der Waals surface area contributed by atoms with Crippen LogP contribution in [0, 0.1) is 6.92 Å². The highest BCUT2D eigenvalue weighted by Crippen LogP contribution is 2.18. The minimum absolute atomic E-state index is 0.206. The van der Waals surface area contributed by atoms with Gasteiger partial charge in [0.2, 0.25) is 0 Å². The van der Waals surface area contributed by atoms with Crippen LogP contribution in [-0.4, -0.2) is 18.4 Å². The van der Waals surface area contributed by atoms with Gasteiger partial charge in [-0.05, 0) is 30.7 Å². The first-order valence-corrected chi connectivity index (χ1v) is 5.83. The van der Waals surface area contributed by atoms with Gasteiger partial charge in [-0.2, -0.15) is 0 Å². The zero-order chi connectivity index (χ0) is 13.1. The Hall–Kier alpha value is -2.16. The second-order valence-electron chi connectivity index (χ2n) is 4.11. The van der Waals surface area contributed by atoms with Crippen molar-refractivity contribution >= 4 is 22.5 Å². The number of Topliss-reactive ketones (excluding diaryl/α,β-unsaturated/α-hetero) is 1.